The molecule has 2 rings (SSSR count). The molecule has 5 heteroatoms. The number of hydrogen-bond acceptors (Lipinski definition) is 5. The Morgan fingerprint density at radius 2 is 1.05 bits per heavy atom. The quantitative estimate of drug-likeness (QED) is 0.561. The van der Waals surface area contributed by atoms with Crippen LogP contribution in [0, 0.1) is 0 Å². The highest BCUT2D eigenvalue weighted by Gasteiger charge is 2.36. The summed E-state index contributed by atoms with van der Waals surface area (Å²) in [4.78, 5) is 23.1. The fourth-order valence-electron chi connectivity index (χ4n) is 2.96. The normalized spacial score (nSPS) is 23.9. The summed E-state index contributed by atoms with van der Waals surface area (Å²) in [7, 11) is 0. The topological polar surface area (TPSA) is 61.8 Å². The van der Waals surface area contributed by atoms with Gasteiger partial charge in [-0.25, -0.2) is 9.59 Å². The summed E-state index contributed by atoms with van der Waals surface area (Å²) >= 11 is 0. The Balaban J connectivity index is 1.77. The van der Waals surface area contributed by atoms with Crippen LogP contribution in [-0.4, -0.2) is 23.5 Å². The van der Waals surface area contributed by atoms with Gasteiger partial charge in [0.2, 0.25) is 0 Å². The maximum atomic E-state index is 11.5. The molecule has 2 saturated carbocycles. The van der Waals surface area contributed by atoms with Gasteiger partial charge < -0.3 is 14.2 Å². The molecule has 0 unspecified atom stereocenters. The van der Waals surface area contributed by atoms with Crippen LogP contribution in [0.2, 0.25) is 0 Å². The zero-order valence-electron chi connectivity index (χ0n) is 11.7. The molecule has 0 heterocycles. The van der Waals surface area contributed by atoms with Crippen LogP contribution in [0.15, 0.2) is 0 Å². The summed E-state index contributed by atoms with van der Waals surface area (Å²) < 4.78 is 15.0. The van der Waals surface area contributed by atoms with E-state index in [2.05, 4.69) is 4.74 Å². The Bertz CT molecular complexity index is 317. The van der Waals surface area contributed by atoms with Gasteiger partial charge in [0, 0.05) is 0 Å². The van der Waals surface area contributed by atoms with E-state index in [0.717, 1.165) is 51.4 Å². The summed E-state index contributed by atoms with van der Waals surface area (Å²) in [6.45, 7) is 3.73. The molecule has 5 nitrogen and oxygen atoms in total. The van der Waals surface area contributed by atoms with Crippen LogP contribution in [-0.2, 0) is 14.2 Å². The highest BCUT2D eigenvalue weighted by molar-refractivity contribution is 5.77. The Morgan fingerprint density at radius 3 is 1.37 bits per heavy atom. The van der Waals surface area contributed by atoms with Crippen LogP contribution >= 0.6 is 0 Å². The van der Waals surface area contributed by atoms with Gasteiger partial charge in [0.1, 0.15) is 11.2 Å². The van der Waals surface area contributed by atoms with Crippen LogP contribution in [0.5, 0.6) is 0 Å². The van der Waals surface area contributed by atoms with Crippen LogP contribution < -0.4 is 0 Å². The van der Waals surface area contributed by atoms with Crippen molar-refractivity contribution in [2.45, 2.75) is 76.4 Å². The molecule has 0 amide bonds. The predicted molar refractivity (Wildman–Crippen MR) is 67.8 cm³/mol. The van der Waals surface area contributed by atoms with E-state index in [1.165, 1.54) is 0 Å². The molecular formula is C14H22O5. The van der Waals surface area contributed by atoms with E-state index < -0.39 is 23.5 Å². The molecule has 0 bridgehead atoms. The van der Waals surface area contributed by atoms with Gasteiger partial charge in [-0.15, -0.1) is 0 Å². The average Bonchev–Trinajstić information content (AvgIpc) is 2.87. The Morgan fingerprint density at radius 1 is 0.737 bits per heavy atom. The van der Waals surface area contributed by atoms with Crippen molar-refractivity contribution in [3.8, 4) is 0 Å². The van der Waals surface area contributed by atoms with Gasteiger partial charge in [0.25, 0.3) is 0 Å². The summed E-state index contributed by atoms with van der Waals surface area (Å²) in [5.41, 5.74) is -0.983. The molecule has 0 aromatic carbocycles. The molecule has 2 aliphatic carbocycles. The van der Waals surface area contributed by atoms with E-state index in [-0.39, 0.29) is 0 Å². The molecule has 0 atom stereocenters. The zero-order valence-corrected chi connectivity index (χ0v) is 11.7. The minimum Gasteiger partial charge on any atom is -0.428 e. The van der Waals surface area contributed by atoms with Crippen LogP contribution in [0.3, 0.4) is 0 Å². The van der Waals surface area contributed by atoms with Crippen molar-refractivity contribution in [3.63, 3.8) is 0 Å². The lowest BCUT2D eigenvalue weighted by Crippen LogP contribution is -2.33. The van der Waals surface area contributed by atoms with E-state index in [1.54, 1.807) is 0 Å². The molecule has 2 aliphatic rings. The first kappa shape index (κ1) is 14.2. The van der Waals surface area contributed by atoms with Crippen molar-refractivity contribution >= 4 is 12.3 Å². The zero-order chi connectivity index (χ0) is 13.9. The average molecular weight is 270 g/mol. The standard InChI is InChI=1S/C14H22O5/c1-13(7-3-4-8-13)18-11(15)17-12(16)19-14(2)9-5-6-10-14/h3-10H2,1-2H3. The van der Waals surface area contributed by atoms with E-state index in [4.69, 9.17) is 9.47 Å². The van der Waals surface area contributed by atoms with Gasteiger partial charge in [0.15, 0.2) is 0 Å². The summed E-state index contributed by atoms with van der Waals surface area (Å²) in [5.74, 6) is 0. The van der Waals surface area contributed by atoms with E-state index in [9.17, 15) is 9.59 Å². The van der Waals surface area contributed by atoms with E-state index >= 15 is 0 Å². The minimum absolute atomic E-state index is 0.491. The van der Waals surface area contributed by atoms with Crippen molar-refractivity contribution < 1.29 is 23.8 Å². The predicted octanol–water partition coefficient (Wildman–Crippen LogP) is 3.94. The molecule has 0 aliphatic heterocycles. The summed E-state index contributed by atoms with van der Waals surface area (Å²) in [6.07, 6.45) is 5.50. The van der Waals surface area contributed by atoms with Gasteiger partial charge in [-0.3, -0.25) is 0 Å². The van der Waals surface area contributed by atoms with Crippen LogP contribution in [0.4, 0.5) is 9.59 Å². The fourth-order valence-corrected chi connectivity index (χ4v) is 2.96. The summed E-state index contributed by atoms with van der Waals surface area (Å²) in [6, 6.07) is 0. The second-order valence-corrected chi connectivity index (χ2v) is 6.12. The van der Waals surface area contributed by atoms with Crippen LogP contribution in [0.25, 0.3) is 0 Å². The third-order valence-electron chi connectivity index (χ3n) is 4.15. The lowest BCUT2D eigenvalue weighted by atomic mass is 10.1. The van der Waals surface area contributed by atoms with Gasteiger partial charge in [0.05, 0.1) is 0 Å². The molecular weight excluding hydrogens is 248 g/mol. The maximum absolute atomic E-state index is 11.5. The van der Waals surface area contributed by atoms with E-state index in [1.807, 2.05) is 13.8 Å². The van der Waals surface area contributed by atoms with Crippen molar-refractivity contribution in [3.05, 3.63) is 0 Å². The number of ether oxygens (including phenoxy) is 3. The van der Waals surface area contributed by atoms with Crippen molar-refractivity contribution in [2.24, 2.45) is 0 Å². The Labute approximate surface area is 113 Å². The molecule has 0 aromatic rings. The maximum Gasteiger partial charge on any atom is 0.519 e. The SMILES string of the molecule is CC1(OC(=O)OC(=O)OC2(C)CCCC2)CCCC1. The van der Waals surface area contributed by atoms with Crippen molar-refractivity contribution in [1.29, 1.82) is 0 Å². The second-order valence-electron chi connectivity index (χ2n) is 6.12. The molecule has 0 radical (unpaired) electrons. The number of hydrogen-bond donors (Lipinski definition) is 0. The minimum atomic E-state index is -0.948. The monoisotopic (exact) mass is 270 g/mol. The van der Waals surface area contributed by atoms with Crippen molar-refractivity contribution in [1.82, 2.24) is 0 Å². The largest absolute Gasteiger partial charge is 0.519 e. The van der Waals surface area contributed by atoms with Crippen LogP contribution in [0.1, 0.15) is 65.2 Å². The molecule has 0 saturated heterocycles. The highest BCUT2D eigenvalue weighted by atomic mass is 16.8. The molecule has 0 aromatic heterocycles. The first-order chi connectivity index (χ1) is 8.91. The molecule has 2 fully saturated rings. The first-order valence-electron chi connectivity index (χ1n) is 7.05. The lowest BCUT2D eigenvalue weighted by Gasteiger charge is -2.25. The lowest BCUT2D eigenvalue weighted by molar-refractivity contribution is -0.0442. The van der Waals surface area contributed by atoms with Gasteiger partial charge in [-0.2, -0.15) is 0 Å². The highest BCUT2D eigenvalue weighted by Crippen LogP contribution is 2.34. The molecule has 0 spiro atoms. The fraction of sp³-hybridized carbons (Fsp3) is 0.857. The third kappa shape index (κ3) is 3.85. The van der Waals surface area contributed by atoms with Gasteiger partial charge >= 0.3 is 12.3 Å². The number of carbonyl (C=O) groups excluding carboxylic acids is 2. The summed E-state index contributed by atoms with van der Waals surface area (Å²) in [5, 5.41) is 0. The Hall–Kier alpha value is -1.26. The van der Waals surface area contributed by atoms with Crippen molar-refractivity contribution in [2.75, 3.05) is 0 Å². The van der Waals surface area contributed by atoms with Gasteiger partial charge in [-0.05, 0) is 65.2 Å². The first-order valence-corrected chi connectivity index (χ1v) is 7.05. The second kappa shape index (κ2) is 5.39. The molecule has 0 N–H and O–H groups in total. The van der Waals surface area contributed by atoms with E-state index in [0.29, 0.717) is 0 Å². The molecule has 108 valence electrons. The number of carbonyl (C=O) groups is 2. The Kier molecular flexibility index (Phi) is 4.02. The molecule has 19 heavy (non-hydrogen) atoms. The smallest absolute Gasteiger partial charge is 0.428 e. The van der Waals surface area contributed by atoms with Gasteiger partial charge in [-0.1, -0.05) is 0 Å². The third-order valence-corrected chi connectivity index (χ3v) is 4.15. The number of rotatable bonds is 2.